The zero-order valence-corrected chi connectivity index (χ0v) is 7.81. The van der Waals surface area contributed by atoms with Crippen molar-refractivity contribution in [3.8, 4) is 0 Å². The summed E-state index contributed by atoms with van der Waals surface area (Å²) in [6, 6.07) is 0. The van der Waals surface area contributed by atoms with E-state index in [2.05, 4.69) is 20.8 Å². The Hall–Kier alpha value is -1.85. The Bertz CT molecular complexity index is 241. The third kappa shape index (κ3) is 4.91. The maximum atomic E-state index is 11.0. The Morgan fingerprint density at radius 3 is 1.86 bits per heavy atom. The third-order valence-electron chi connectivity index (χ3n) is 0.938. The van der Waals surface area contributed by atoms with Crippen LogP contribution in [-0.4, -0.2) is 24.2 Å². The highest BCUT2D eigenvalue weighted by Gasteiger charge is 2.25. The van der Waals surface area contributed by atoms with E-state index in [1.54, 1.807) is 0 Å². The van der Waals surface area contributed by atoms with Gasteiger partial charge in [0.05, 0.1) is 6.26 Å². The molecule has 0 aromatic heterocycles. The SMILES string of the molecule is C=COC(=O)C(OC(C)=O)OC(C)=O. The molecule has 0 aliphatic rings. The molecular weight excluding hydrogens is 192 g/mol. The van der Waals surface area contributed by atoms with Crippen LogP contribution in [0.2, 0.25) is 0 Å². The Balaban J connectivity index is 4.36. The maximum absolute atomic E-state index is 11.0. The van der Waals surface area contributed by atoms with Crippen molar-refractivity contribution in [2.24, 2.45) is 0 Å². The van der Waals surface area contributed by atoms with Gasteiger partial charge in [-0.3, -0.25) is 9.59 Å². The van der Waals surface area contributed by atoms with Crippen molar-refractivity contribution in [2.45, 2.75) is 20.1 Å². The molecule has 0 spiro atoms. The lowest BCUT2D eigenvalue weighted by Crippen LogP contribution is -2.31. The fraction of sp³-hybridized carbons (Fsp3) is 0.375. The molecule has 0 heterocycles. The van der Waals surface area contributed by atoms with Crippen LogP contribution in [0.25, 0.3) is 0 Å². The number of esters is 3. The van der Waals surface area contributed by atoms with Crippen molar-refractivity contribution < 1.29 is 28.6 Å². The minimum Gasteiger partial charge on any atom is -0.430 e. The number of ether oxygens (including phenoxy) is 3. The first-order valence-electron chi connectivity index (χ1n) is 3.63. The van der Waals surface area contributed by atoms with Crippen LogP contribution in [0, 0.1) is 0 Å². The molecule has 0 saturated heterocycles. The molecule has 0 aliphatic carbocycles. The standard InChI is InChI=1S/C8H10O6/c1-4-12-7(11)8(13-5(2)9)14-6(3)10/h4,8H,1H2,2-3H3. The van der Waals surface area contributed by atoms with Gasteiger partial charge in [0, 0.05) is 13.8 Å². The van der Waals surface area contributed by atoms with Crippen molar-refractivity contribution in [1.29, 1.82) is 0 Å². The summed E-state index contributed by atoms with van der Waals surface area (Å²) < 4.78 is 13.0. The first-order chi connectivity index (χ1) is 6.47. The number of hydrogen-bond donors (Lipinski definition) is 0. The summed E-state index contributed by atoms with van der Waals surface area (Å²) in [6.45, 7) is 5.25. The molecule has 14 heavy (non-hydrogen) atoms. The lowest BCUT2D eigenvalue weighted by molar-refractivity contribution is -0.199. The van der Waals surface area contributed by atoms with Gasteiger partial charge < -0.3 is 14.2 Å². The molecule has 78 valence electrons. The summed E-state index contributed by atoms with van der Waals surface area (Å²) in [6.07, 6.45) is -0.842. The average molecular weight is 202 g/mol. The Morgan fingerprint density at radius 2 is 1.57 bits per heavy atom. The molecule has 0 fully saturated rings. The lowest BCUT2D eigenvalue weighted by Gasteiger charge is -2.13. The second-order valence-corrected chi connectivity index (χ2v) is 2.15. The van der Waals surface area contributed by atoms with E-state index in [0.717, 1.165) is 20.1 Å². The van der Waals surface area contributed by atoms with E-state index >= 15 is 0 Å². The van der Waals surface area contributed by atoms with Crippen molar-refractivity contribution in [3.05, 3.63) is 12.8 Å². The minimum atomic E-state index is -1.68. The van der Waals surface area contributed by atoms with Gasteiger partial charge in [-0.15, -0.1) is 0 Å². The van der Waals surface area contributed by atoms with E-state index in [0.29, 0.717) is 0 Å². The van der Waals surface area contributed by atoms with Crippen LogP contribution >= 0.6 is 0 Å². The van der Waals surface area contributed by atoms with Crippen molar-refractivity contribution in [1.82, 2.24) is 0 Å². The third-order valence-corrected chi connectivity index (χ3v) is 0.938. The average Bonchev–Trinajstić information content (AvgIpc) is 2.01. The van der Waals surface area contributed by atoms with Crippen molar-refractivity contribution in [3.63, 3.8) is 0 Å². The molecule has 0 rings (SSSR count). The Labute approximate surface area is 80.4 Å². The highest BCUT2D eigenvalue weighted by molar-refractivity contribution is 5.80. The van der Waals surface area contributed by atoms with Gasteiger partial charge in [-0.2, -0.15) is 0 Å². The molecule has 0 saturated carbocycles. The molecule has 6 heteroatoms. The predicted octanol–water partition coefficient (Wildman–Crippen LogP) is 0.125. The van der Waals surface area contributed by atoms with E-state index in [4.69, 9.17) is 0 Å². The second kappa shape index (κ2) is 5.74. The van der Waals surface area contributed by atoms with Crippen molar-refractivity contribution >= 4 is 17.9 Å². The molecule has 6 nitrogen and oxygen atoms in total. The molecule has 0 aliphatic heterocycles. The lowest BCUT2D eigenvalue weighted by atomic mass is 10.6. The predicted molar refractivity (Wildman–Crippen MR) is 43.6 cm³/mol. The number of hydrogen-bond acceptors (Lipinski definition) is 6. The van der Waals surface area contributed by atoms with Crippen LogP contribution in [0.1, 0.15) is 13.8 Å². The number of carbonyl (C=O) groups is 3. The largest absolute Gasteiger partial charge is 0.430 e. The fourth-order valence-electron chi connectivity index (χ4n) is 0.559. The van der Waals surface area contributed by atoms with Crippen LogP contribution in [0.15, 0.2) is 12.8 Å². The zero-order valence-electron chi connectivity index (χ0n) is 7.81. The molecule has 0 bridgehead atoms. The molecule has 0 unspecified atom stereocenters. The molecule has 0 amide bonds. The monoisotopic (exact) mass is 202 g/mol. The van der Waals surface area contributed by atoms with Gasteiger partial charge in [-0.25, -0.2) is 4.79 Å². The van der Waals surface area contributed by atoms with Crippen LogP contribution < -0.4 is 0 Å². The van der Waals surface area contributed by atoms with Gasteiger partial charge in [0.25, 0.3) is 0 Å². The normalized spacial score (nSPS) is 9.07. The van der Waals surface area contributed by atoms with E-state index < -0.39 is 24.2 Å². The smallest absolute Gasteiger partial charge is 0.394 e. The summed E-state index contributed by atoms with van der Waals surface area (Å²) in [5, 5.41) is 0. The van der Waals surface area contributed by atoms with E-state index in [9.17, 15) is 14.4 Å². The summed E-state index contributed by atoms with van der Waals surface area (Å²) in [7, 11) is 0. The highest BCUT2D eigenvalue weighted by Crippen LogP contribution is 2.00. The molecule has 0 atom stereocenters. The van der Waals surface area contributed by atoms with Crippen LogP contribution in [-0.2, 0) is 28.6 Å². The molecule has 0 aromatic rings. The first-order valence-corrected chi connectivity index (χ1v) is 3.63. The van der Waals surface area contributed by atoms with Crippen LogP contribution in [0.4, 0.5) is 0 Å². The van der Waals surface area contributed by atoms with Gasteiger partial charge in [0.15, 0.2) is 0 Å². The molecule has 0 N–H and O–H groups in total. The second-order valence-electron chi connectivity index (χ2n) is 2.15. The highest BCUT2D eigenvalue weighted by atomic mass is 16.7. The zero-order chi connectivity index (χ0) is 11.1. The van der Waals surface area contributed by atoms with Gasteiger partial charge in [0.2, 0.25) is 0 Å². The van der Waals surface area contributed by atoms with Crippen molar-refractivity contribution in [2.75, 3.05) is 0 Å². The van der Waals surface area contributed by atoms with Crippen LogP contribution in [0.3, 0.4) is 0 Å². The maximum Gasteiger partial charge on any atom is 0.394 e. The quantitative estimate of drug-likeness (QED) is 0.366. The summed E-state index contributed by atoms with van der Waals surface area (Å²) >= 11 is 0. The number of rotatable bonds is 4. The fourth-order valence-corrected chi connectivity index (χ4v) is 0.559. The first kappa shape index (κ1) is 12.2. The molecular formula is C8H10O6. The Morgan fingerprint density at radius 1 is 1.14 bits per heavy atom. The topological polar surface area (TPSA) is 78.9 Å². The minimum absolute atomic E-state index is 0.766. The number of carbonyl (C=O) groups excluding carboxylic acids is 3. The summed E-state index contributed by atoms with van der Waals surface area (Å²) in [5.41, 5.74) is 0. The van der Waals surface area contributed by atoms with Gasteiger partial charge in [-0.05, 0) is 0 Å². The van der Waals surface area contributed by atoms with Gasteiger partial charge >= 0.3 is 24.2 Å². The summed E-state index contributed by atoms with van der Waals surface area (Å²) in [4.78, 5) is 32.0. The van der Waals surface area contributed by atoms with E-state index in [1.807, 2.05) is 0 Å². The molecule has 0 radical (unpaired) electrons. The summed E-state index contributed by atoms with van der Waals surface area (Å²) in [5.74, 6) is -2.56. The van der Waals surface area contributed by atoms with E-state index in [-0.39, 0.29) is 0 Å². The van der Waals surface area contributed by atoms with Crippen LogP contribution in [0.5, 0.6) is 0 Å². The van der Waals surface area contributed by atoms with Gasteiger partial charge in [0.1, 0.15) is 0 Å². The van der Waals surface area contributed by atoms with Gasteiger partial charge in [-0.1, -0.05) is 6.58 Å². The molecule has 0 aromatic carbocycles. The van der Waals surface area contributed by atoms with E-state index in [1.165, 1.54) is 0 Å². The Kier molecular flexibility index (Phi) is 4.98.